The van der Waals surface area contributed by atoms with E-state index >= 15 is 0 Å². The van der Waals surface area contributed by atoms with Crippen molar-refractivity contribution in [3.05, 3.63) is 28.8 Å². The van der Waals surface area contributed by atoms with E-state index in [-0.39, 0.29) is 11.7 Å². The Labute approximate surface area is 96.1 Å². The van der Waals surface area contributed by atoms with Gasteiger partial charge in [0.15, 0.2) is 0 Å². The highest BCUT2D eigenvalue weighted by Crippen LogP contribution is 2.23. The van der Waals surface area contributed by atoms with E-state index in [4.69, 9.17) is 4.74 Å². The first-order valence-corrected chi connectivity index (χ1v) is 5.24. The highest BCUT2D eigenvalue weighted by Gasteiger charge is 2.21. The Morgan fingerprint density at radius 2 is 1.62 bits per heavy atom. The quantitative estimate of drug-likeness (QED) is 0.743. The molecule has 0 aromatic heterocycles. The van der Waals surface area contributed by atoms with Crippen LogP contribution in [-0.4, -0.2) is 16.7 Å². The highest BCUT2D eigenvalue weighted by molar-refractivity contribution is 5.93. The standard InChI is InChI=1S/C13H18O3/c1-8-6-10(14)7-9(2)11(8)12(15)16-13(3,4)5/h6-7,14H,1-5H3. The molecular formula is C13H18O3. The Hall–Kier alpha value is -1.51. The monoisotopic (exact) mass is 222 g/mol. The molecule has 0 spiro atoms. The Bertz CT molecular complexity index is 391. The van der Waals surface area contributed by atoms with Crippen molar-refractivity contribution in [1.82, 2.24) is 0 Å². The van der Waals surface area contributed by atoms with Crippen molar-refractivity contribution in [2.75, 3.05) is 0 Å². The molecule has 0 amide bonds. The van der Waals surface area contributed by atoms with Crippen LogP contribution in [0.15, 0.2) is 12.1 Å². The summed E-state index contributed by atoms with van der Waals surface area (Å²) in [6, 6.07) is 3.12. The summed E-state index contributed by atoms with van der Waals surface area (Å²) in [6.07, 6.45) is 0. The number of esters is 1. The molecule has 3 heteroatoms. The average Bonchev–Trinajstić information content (AvgIpc) is 1.96. The smallest absolute Gasteiger partial charge is 0.339 e. The van der Waals surface area contributed by atoms with Crippen LogP contribution in [0.3, 0.4) is 0 Å². The second kappa shape index (κ2) is 4.16. The van der Waals surface area contributed by atoms with Crippen molar-refractivity contribution in [2.24, 2.45) is 0 Å². The number of phenolic OH excluding ortho intramolecular Hbond substituents is 1. The molecule has 0 atom stereocenters. The van der Waals surface area contributed by atoms with Crippen LogP contribution in [0.1, 0.15) is 42.3 Å². The summed E-state index contributed by atoms with van der Waals surface area (Å²) < 4.78 is 5.30. The lowest BCUT2D eigenvalue weighted by Crippen LogP contribution is -2.24. The lowest BCUT2D eigenvalue weighted by molar-refractivity contribution is 0.00680. The van der Waals surface area contributed by atoms with Gasteiger partial charge in [0.2, 0.25) is 0 Å². The number of hydrogen-bond donors (Lipinski definition) is 1. The van der Waals surface area contributed by atoms with Crippen LogP contribution >= 0.6 is 0 Å². The number of rotatable bonds is 1. The van der Waals surface area contributed by atoms with Gasteiger partial charge in [-0.25, -0.2) is 4.79 Å². The summed E-state index contributed by atoms with van der Waals surface area (Å²) in [6.45, 7) is 9.06. The van der Waals surface area contributed by atoms with Crippen LogP contribution in [0.25, 0.3) is 0 Å². The molecule has 1 N–H and O–H groups in total. The zero-order chi connectivity index (χ0) is 12.5. The first-order chi connectivity index (χ1) is 7.20. The summed E-state index contributed by atoms with van der Waals surface area (Å²) in [4.78, 5) is 11.9. The second-order valence-corrected chi connectivity index (χ2v) is 4.96. The summed E-state index contributed by atoms with van der Waals surface area (Å²) in [7, 11) is 0. The zero-order valence-electron chi connectivity index (χ0n) is 10.4. The number of hydrogen-bond acceptors (Lipinski definition) is 3. The SMILES string of the molecule is Cc1cc(O)cc(C)c1C(=O)OC(C)(C)C. The van der Waals surface area contributed by atoms with Crippen molar-refractivity contribution >= 4 is 5.97 Å². The fourth-order valence-electron chi connectivity index (χ4n) is 1.59. The average molecular weight is 222 g/mol. The van der Waals surface area contributed by atoms with Gasteiger partial charge >= 0.3 is 5.97 Å². The zero-order valence-corrected chi connectivity index (χ0v) is 10.4. The van der Waals surface area contributed by atoms with Crippen LogP contribution in [-0.2, 0) is 4.74 Å². The first kappa shape index (κ1) is 12.6. The van der Waals surface area contributed by atoms with Gasteiger partial charge in [0, 0.05) is 0 Å². The van der Waals surface area contributed by atoms with Gasteiger partial charge in [-0.15, -0.1) is 0 Å². The molecule has 0 heterocycles. The van der Waals surface area contributed by atoms with Gasteiger partial charge < -0.3 is 9.84 Å². The van der Waals surface area contributed by atoms with Crippen LogP contribution in [0.5, 0.6) is 5.75 Å². The molecule has 3 nitrogen and oxygen atoms in total. The van der Waals surface area contributed by atoms with E-state index in [9.17, 15) is 9.90 Å². The van der Waals surface area contributed by atoms with E-state index in [1.54, 1.807) is 26.0 Å². The first-order valence-electron chi connectivity index (χ1n) is 5.24. The minimum Gasteiger partial charge on any atom is -0.508 e. The maximum Gasteiger partial charge on any atom is 0.339 e. The van der Waals surface area contributed by atoms with Gasteiger partial charge in [-0.1, -0.05) is 0 Å². The molecule has 0 fully saturated rings. The Kier molecular flexibility index (Phi) is 3.27. The van der Waals surface area contributed by atoms with Crippen molar-refractivity contribution in [3.63, 3.8) is 0 Å². The molecule has 0 aliphatic rings. The molecule has 1 aromatic rings. The van der Waals surface area contributed by atoms with Gasteiger partial charge in [-0.05, 0) is 57.9 Å². The molecule has 0 saturated carbocycles. The molecule has 0 unspecified atom stereocenters. The van der Waals surface area contributed by atoms with Gasteiger partial charge in [0.1, 0.15) is 11.4 Å². The van der Waals surface area contributed by atoms with Gasteiger partial charge in [-0.2, -0.15) is 0 Å². The molecule has 1 rings (SSSR count). The van der Waals surface area contributed by atoms with Crippen LogP contribution in [0.2, 0.25) is 0 Å². The van der Waals surface area contributed by atoms with Crippen LogP contribution in [0.4, 0.5) is 0 Å². The molecule has 0 bridgehead atoms. The fourth-order valence-corrected chi connectivity index (χ4v) is 1.59. The van der Waals surface area contributed by atoms with Crippen molar-refractivity contribution in [1.29, 1.82) is 0 Å². The summed E-state index contributed by atoms with van der Waals surface area (Å²) in [5, 5.41) is 9.38. The van der Waals surface area contributed by atoms with Crippen LogP contribution < -0.4 is 0 Å². The minimum absolute atomic E-state index is 0.169. The maximum atomic E-state index is 11.9. The van der Waals surface area contributed by atoms with E-state index in [0.29, 0.717) is 5.56 Å². The van der Waals surface area contributed by atoms with E-state index in [1.807, 2.05) is 20.8 Å². The number of aryl methyl sites for hydroxylation is 2. The Morgan fingerprint density at radius 1 is 1.19 bits per heavy atom. The van der Waals surface area contributed by atoms with Crippen molar-refractivity contribution in [3.8, 4) is 5.75 Å². The summed E-state index contributed by atoms with van der Waals surface area (Å²) >= 11 is 0. The molecule has 0 radical (unpaired) electrons. The second-order valence-electron chi connectivity index (χ2n) is 4.96. The maximum absolute atomic E-state index is 11.9. The largest absolute Gasteiger partial charge is 0.508 e. The van der Waals surface area contributed by atoms with E-state index in [0.717, 1.165) is 11.1 Å². The molecule has 16 heavy (non-hydrogen) atoms. The number of carbonyl (C=O) groups is 1. The third-order valence-corrected chi connectivity index (χ3v) is 2.12. The number of benzene rings is 1. The Balaban J connectivity index is 3.10. The van der Waals surface area contributed by atoms with Crippen molar-refractivity contribution < 1.29 is 14.6 Å². The molecule has 0 saturated heterocycles. The van der Waals surface area contributed by atoms with E-state index < -0.39 is 5.60 Å². The third-order valence-electron chi connectivity index (χ3n) is 2.12. The van der Waals surface area contributed by atoms with Gasteiger partial charge in [-0.3, -0.25) is 0 Å². The van der Waals surface area contributed by atoms with Gasteiger partial charge in [0.25, 0.3) is 0 Å². The summed E-state index contributed by atoms with van der Waals surface area (Å²) in [5.41, 5.74) is 1.49. The normalized spacial score (nSPS) is 11.3. The third kappa shape index (κ3) is 2.99. The fraction of sp³-hybridized carbons (Fsp3) is 0.462. The topological polar surface area (TPSA) is 46.5 Å². The summed E-state index contributed by atoms with van der Waals surface area (Å²) in [5.74, 6) is -0.176. The van der Waals surface area contributed by atoms with Gasteiger partial charge in [0.05, 0.1) is 5.56 Å². The van der Waals surface area contributed by atoms with Crippen LogP contribution in [0, 0.1) is 13.8 Å². The molecular weight excluding hydrogens is 204 g/mol. The minimum atomic E-state index is -0.506. The number of aromatic hydroxyl groups is 1. The highest BCUT2D eigenvalue weighted by atomic mass is 16.6. The molecule has 0 aliphatic carbocycles. The molecule has 1 aromatic carbocycles. The predicted molar refractivity (Wildman–Crippen MR) is 62.7 cm³/mol. The molecule has 0 aliphatic heterocycles. The lowest BCUT2D eigenvalue weighted by atomic mass is 10.0. The number of ether oxygens (including phenoxy) is 1. The Morgan fingerprint density at radius 3 is 2.00 bits per heavy atom. The molecule has 88 valence electrons. The van der Waals surface area contributed by atoms with E-state index in [1.165, 1.54) is 0 Å². The van der Waals surface area contributed by atoms with E-state index in [2.05, 4.69) is 0 Å². The van der Waals surface area contributed by atoms with Crippen molar-refractivity contribution in [2.45, 2.75) is 40.2 Å². The lowest BCUT2D eigenvalue weighted by Gasteiger charge is -2.21. The predicted octanol–water partition coefficient (Wildman–Crippen LogP) is 2.96. The number of carbonyl (C=O) groups excluding carboxylic acids is 1. The number of phenols is 1.